The largest absolute Gasteiger partial charge is 0.336 e. The van der Waals surface area contributed by atoms with Gasteiger partial charge in [-0.05, 0) is 38.5 Å². The van der Waals surface area contributed by atoms with Crippen molar-refractivity contribution in [2.75, 3.05) is 0 Å². The smallest absolute Gasteiger partial charge is 0.224 e. The highest BCUT2D eigenvalue weighted by Gasteiger charge is 2.37. The topological polar surface area (TPSA) is 41.1 Å². The summed E-state index contributed by atoms with van der Waals surface area (Å²) in [7, 11) is 0. The molecule has 2 rings (SSSR count). The average Bonchev–Trinajstić information content (AvgIpc) is 2.47. The first-order chi connectivity index (χ1) is 10.4. The van der Waals surface area contributed by atoms with Gasteiger partial charge in [0.15, 0.2) is 0 Å². The fourth-order valence-corrected chi connectivity index (χ4v) is 4.18. The van der Waals surface area contributed by atoms with Gasteiger partial charge in [0, 0.05) is 16.8 Å². The molecule has 1 unspecified atom stereocenters. The van der Waals surface area contributed by atoms with Gasteiger partial charge in [0.1, 0.15) is 6.17 Å². The van der Waals surface area contributed by atoms with Crippen LogP contribution in [0.3, 0.4) is 0 Å². The van der Waals surface area contributed by atoms with Gasteiger partial charge in [0.05, 0.1) is 0 Å². The molecule has 0 aromatic carbocycles. The molecule has 0 aliphatic heterocycles. The van der Waals surface area contributed by atoms with E-state index in [1.165, 1.54) is 19.3 Å². The number of carbonyl (C=O) groups is 1. The molecule has 0 aromatic heterocycles. The van der Waals surface area contributed by atoms with E-state index in [2.05, 4.69) is 26.6 Å². The van der Waals surface area contributed by atoms with Gasteiger partial charge < -0.3 is 5.32 Å². The lowest BCUT2D eigenvalue weighted by Crippen LogP contribution is -2.57. The fourth-order valence-electron chi connectivity index (χ4n) is 3.30. The Hall–Kier alpha value is 0.780. The Balaban J connectivity index is 1.89. The van der Waals surface area contributed by atoms with Crippen molar-refractivity contribution in [2.45, 2.75) is 78.6 Å². The minimum atomic E-state index is -1.54. The van der Waals surface area contributed by atoms with Crippen molar-refractivity contribution in [3.63, 3.8) is 0 Å². The quantitative estimate of drug-likeness (QED) is 0.498. The van der Waals surface area contributed by atoms with Gasteiger partial charge in [0.2, 0.25) is 9.70 Å². The van der Waals surface area contributed by atoms with E-state index < -0.39 is 9.96 Å². The molecule has 0 aromatic rings. The summed E-state index contributed by atoms with van der Waals surface area (Å²) in [5.74, 6) is 0.0239. The highest BCUT2D eigenvalue weighted by atomic mass is 79.9. The minimum absolute atomic E-state index is 0.000894. The third-order valence-corrected chi connectivity index (χ3v) is 6.22. The molecule has 0 heterocycles. The normalized spacial score (nSPS) is 29.1. The first-order valence-electron chi connectivity index (χ1n) is 8.13. The number of halogens is 4. The van der Waals surface area contributed by atoms with Crippen LogP contribution in [-0.4, -0.2) is 26.7 Å². The monoisotopic (exact) mass is 432 g/mol. The predicted octanol–water partition coefficient (Wildman–Crippen LogP) is 4.67. The summed E-state index contributed by atoms with van der Waals surface area (Å²) in [6.07, 6.45) is 8.97. The van der Waals surface area contributed by atoms with Gasteiger partial charge in [-0.25, -0.2) is 0 Å². The zero-order valence-corrected chi connectivity index (χ0v) is 16.4. The van der Waals surface area contributed by atoms with Crippen LogP contribution in [0.4, 0.5) is 0 Å². The lowest BCUT2D eigenvalue weighted by molar-refractivity contribution is -0.126. The molecule has 1 atom stereocenters. The first kappa shape index (κ1) is 19.1. The standard InChI is InChI=1S/C15H24BrCl3N2O/c16-11-8-6-10(7-9-11)13(22)21-14(15(17,18)19)20-12-4-2-1-3-5-12/h10-12,14,20H,1-9H2,(H,21,22). The van der Waals surface area contributed by atoms with Gasteiger partial charge in [-0.15, -0.1) is 0 Å². The molecule has 3 nitrogen and oxygen atoms in total. The second kappa shape index (κ2) is 8.75. The number of hydrogen-bond donors (Lipinski definition) is 2. The van der Waals surface area contributed by atoms with Crippen molar-refractivity contribution >= 4 is 56.6 Å². The second-order valence-electron chi connectivity index (χ2n) is 6.43. The lowest BCUT2D eigenvalue weighted by atomic mass is 9.88. The summed E-state index contributed by atoms with van der Waals surface area (Å²) in [5.41, 5.74) is 0. The molecule has 2 fully saturated rings. The molecule has 0 spiro atoms. The van der Waals surface area contributed by atoms with E-state index >= 15 is 0 Å². The molecule has 2 aliphatic carbocycles. The summed E-state index contributed by atoms with van der Waals surface area (Å²) >= 11 is 21.8. The molecule has 7 heteroatoms. The second-order valence-corrected chi connectivity index (χ2v) is 10.1. The Labute approximate surface area is 156 Å². The maximum absolute atomic E-state index is 12.5. The van der Waals surface area contributed by atoms with Crippen LogP contribution in [0.15, 0.2) is 0 Å². The van der Waals surface area contributed by atoms with Crippen molar-refractivity contribution < 1.29 is 4.79 Å². The Bertz CT molecular complexity index is 364. The van der Waals surface area contributed by atoms with Gasteiger partial charge in [-0.2, -0.15) is 0 Å². The van der Waals surface area contributed by atoms with Crippen LogP contribution in [0.2, 0.25) is 0 Å². The molecule has 128 valence electrons. The number of rotatable bonds is 4. The van der Waals surface area contributed by atoms with Gasteiger partial charge in [-0.3, -0.25) is 10.1 Å². The van der Waals surface area contributed by atoms with Gasteiger partial charge >= 0.3 is 0 Å². The van der Waals surface area contributed by atoms with Crippen molar-refractivity contribution in [1.82, 2.24) is 10.6 Å². The Kier molecular flexibility index (Phi) is 7.60. The van der Waals surface area contributed by atoms with Crippen LogP contribution >= 0.6 is 50.7 Å². The highest BCUT2D eigenvalue weighted by Crippen LogP contribution is 2.32. The fraction of sp³-hybridized carbons (Fsp3) is 0.933. The minimum Gasteiger partial charge on any atom is -0.336 e. The van der Waals surface area contributed by atoms with Gasteiger partial charge in [-0.1, -0.05) is 70.0 Å². The van der Waals surface area contributed by atoms with Crippen molar-refractivity contribution in [2.24, 2.45) is 5.92 Å². The van der Waals surface area contributed by atoms with Crippen LogP contribution < -0.4 is 10.6 Å². The highest BCUT2D eigenvalue weighted by molar-refractivity contribution is 9.09. The Morgan fingerprint density at radius 2 is 1.59 bits per heavy atom. The molecule has 2 N–H and O–H groups in total. The molecule has 0 bridgehead atoms. The first-order valence-corrected chi connectivity index (χ1v) is 10.2. The van der Waals surface area contributed by atoms with Crippen molar-refractivity contribution in [3.8, 4) is 0 Å². The maximum atomic E-state index is 12.5. The third-order valence-electron chi connectivity index (χ3n) is 4.65. The summed E-state index contributed by atoms with van der Waals surface area (Å²) in [6.45, 7) is 0. The molecule has 0 saturated heterocycles. The van der Waals surface area contributed by atoms with E-state index in [4.69, 9.17) is 34.8 Å². The zero-order valence-electron chi connectivity index (χ0n) is 12.6. The van der Waals surface area contributed by atoms with Crippen molar-refractivity contribution in [1.29, 1.82) is 0 Å². The summed E-state index contributed by atoms with van der Waals surface area (Å²) in [4.78, 5) is 13.0. The van der Waals surface area contributed by atoms with Crippen molar-refractivity contribution in [3.05, 3.63) is 0 Å². The molecule has 1 amide bonds. The molecule has 2 saturated carbocycles. The maximum Gasteiger partial charge on any atom is 0.224 e. The van der Waals surface area contributed by atoms with E-state index in [-0.39, 0.29) is 11.8 Å². The molecular weight excluding hydrogens is 410 g/mol. The zero-order chi connectivity index (χ0) is 16.2. The van der Waals surface area contributed by atoms with E-state index in [0.29, 0.717) is 10.9 Å². The van der Waals surface area contributed by atoms with Crippen LogP contribution in [-0.2, 0) is 4.79 Å². The van der Waals surface area contributed by atoms with E-state index in [9.17, 15) is 4.79 Å². The SMILES string of the molecule is O=C(NC(NC1CCCCC1)C(Cl)(Cl)Cl)C1CCC(Br)CC1. The number of hydrogen-bond acceptors (Lipinski definition) is 2. The van der Waals surface area contributed by atoms with Crippen LogP contribution in [0.1, 0.15) is 57.8 Å². The van der Waals surface area contributed by atoms with Crippen LogP contribution in [0, 0.1) is 5.92 Å². The number of alkyl halides is 4. The van der Waals surface area contributed by atoms with Crippen LogP contribution in [0.5, 0.6) is 0 Å². The van der Waals surface area contributed by atoms with Crippen LogP contribution in [0.25, 0.3) is 0 Å². The molecule has 22 heavy (non-hydrogen) atoms. The van der Waals surface area contributed by atoms with E-state index in [1.54, 1.807) is 0 Å². The number of carbonyl (C=O) groups excluding carboxylic acids is 1. The van der Waals surface area contributed by atoms with Gasteiger partial charge in [0.25, 0.3) is 0 Å². The molecular formula is C15H24BrCl3N2O. The number of amides is 1. The lowest BCUT2D eigenvalue weighted by Gasteiger charge is -2.34. The van der Waals surface area contributed by atoms with E-state index in [1.807, 2.05) is 0 Å². The predicted molar refractivity (Wildman–Crippen MR) is 96.9 cm³/mol. The average molecular weight is 435 g/mol. The van der Waals surface area contributed by atoms with E-state index in [0.717, 1.165) is 38.5 Å². The summed E-state index contributed by atoms with van der Waals surface area (Å²) in [5, 5.41) is 6.27. The Morgan fingerprint density at radius 1 is 1.00 bits per heavy atom. The summed E-state index contributed by atoms with van der Waals surface area (Å²) in [6, 6.07) is 0.313. The summed E-state index contributed by atoms with van der Waals surface area (Å²) < 4.78 is -1.54. The molecule has 0 radical (unpaired) electrons. The molecule has 2 aliphatic rings. The number of nitrogens with one attached hydrogen (secondary N) is 2. The third kappa shape index (κ3) is 6.01. The Morgan fingerprint density at radius 3 is 2.14 bits per heavy atom.